The lowest BCUT2D eigenvalue weighted by molar-refractivity contribution is -0.152. The van der Waals surface area contributed by atoms with Crippen molar-refractivity contribution in [3.63, 3.8) is 0 Å². The molecule has 0 spiro atoms. The highest BCUT2D eigenvalue weighted by atomic mass is 33.1. The number of phosphoric acid groups is 1. The topological polar surface area (TPSA) is 97.4 Å². The van der Waals surface area contributed by atoms with Crippen LogP contribution in [0.1, 0.15) is 41.5 Å². The predicted octanol–water partition coefficient (Wildman–Crippen LogP) is 5.72. The van der Waals surface area contributed by atoms with Crippen molar-refractivity contribution in [1.29, 1.82) is 0 Å². The monoisotopic (exact) mass is 552 g/mol. The fourth-order valence-corrected chi connectivity index (χ4v) is 5.98. The molecule has 0 aliphatic rings. The molecule has 13 heteroatoms. The molecule has 0 bridgehead atoms. The first kappa shape index (κ1) is 32.5. The maximum absolute atomic E-state index is 12.4. The lowest BCUT2D eigenvalue weighted by atomic mass is 9.97. The van der Waals surface area contributed by atoms with Gasteiger partial charge in [-0.3, -0.25) is 23.2 Å². The number of hydrogen-bond donors (Lipinski definition) is 0. The Morgan fingerprint density at radius 2 is 0.969 bits per heavy atom. The third-order valence-corrected chi connectivity index (χ3v) is 9.36. The second kappa shape index (κ2) is 17.0. The second-order valence-corrected chi connectivity index (χ2v) is 15.5. The van der Waals surface area contributed by atoms with Crippen LogP contribution in [0.15, 0.2) is 0 Å². The van der Waals surface area contributed by atoms with Gasteiger partial charge in [-0.15, -0.1) is 0 Å². The van der Waals surface area contributed by atoms with Crippen molar-refractivity contribution in [2.75, 3.05) is 56.5 Å². The molecular formula is C19H37O8PS4. The summed E-state index contributed by atoms with van der Waals surface area (Å²) in [5.41, 5.74) is -0.990. The quantitative estimate of drug-likeness (QED) is 0.0956. The molecule has 0 N–H and O–H groups in total. The summed E-state index contributed by atoms with van der Waals surface area (Å²) >= 11 is 0. The molecule has 0 amide bonds. The molecule has 8 nitrogen and oxygen atoms in total. The maximum Gasteiger partial charge on any atom is 0.474 e. The van der Waals surface area contributed by atoms with E-state index in [4.69, 9.17) is 23.0 Å². The number of carbonyl (C=O) groups is 2. The number of ether oxygens (including phenoxy) is 2. The van der Waals surface area contributed by atoms with Crippen molar-refractivity contribution in [3.05, 3.63) is 0 Å². The van der Waals surface area contributed by atoms with Crippen LogP contribution in [0.2, 0.25) is 0 Å². The van der Waals surface area contributed by atoms with Crippen LogP contribution in [0.4, 0.5) is 0 Å². The highest BCUT2D eigenvalue weighted by molar-refractivity contribution is 8.77. The van der Waals surface area contributed by atoms with E-state index in [1.165, 1.54) is 28.7 Å². The smallest absolute Gasteiger partial charge is 0.464 e. The molecule has 0 aliphatic heterocycles. The van der Waals surface area contributed by atoms with E-state index >= 15 is 0 Å². The van der Waals surface area contributed by atoms with Gasteiger partial charge in [0, 0.05) is 30.1 Å². The Labute approximate surface area is 208 Å². The largest absolute Gasteiger partial charge is 0.474 e. The summed E-state index contributed by atoms with van der Waals surface area (Å²) in [4.78, 5) is 23.3. The summed E-state index contributed by atoms with van der Waals surface area (Å²) < 4.78 is 38.2. The van der Waals surface area contributed by atoms with Crippen molar-refractivity contribution < 1.29 is 37.2 Å². The van der Waals surface area contributed by atoms with Crippen molar-refractivity contribution in [1.82, 2.24) is 0 Å². The van der Waals surface area contributed by atoms with E-state index in [1.807, 2.05) is 41.5 Å². The van der Waals surface area contributed by atoms with Crippen molar-refractivity contribution in [3.8, 4) is 0 Å². The van der Waals surface area contributed by atoms with Gasteiger partial charge in [0.05, 0.1) is 24.0 Å². The molecule has 0 rings (SSSR count). The lowest BCUT2D eigenvalue weighted by Gasteiger charge is -2.16. The molecule has 0 fully saturated rings. The minimum Gasteiger partial charge on any atom is -0.464 e. The van der Waals surface area contributed by atoms with Gasteiger partial charge in [-0.2, -0.15) is 0 Å². The van der Waals surface area contributed by atoms with E-state index in [-0.39, 0.29) is 25.2 Å². The molecule has 0 unspecified atom stereocenters. The van der Waals surface area contributed by atoms with Gasteiger partial charge in [0.25, 0.3) is 0 Å². The molecule has 0 saturated carbocycles. The molecule has 0 radical (unpaired) electrons. The summed E-state index contributed by atoms with van der Waals surface area (Å²) in [6, 6.07) is 0. The molecule has 0 aromatic carbocycles. The highest BCUT2D eigenvalue weighted by Crippen LogP contribution is 2.48. The van der Waals surface area contributed by atoms with E-state index in [0.29, 0.717) is 36.2 Å². The van der Waals surface area contributed by atoms with Crippen LogP contribution in [0.25, 0.3) is 0 Å². The van der Waals surface area contributed by atoms with Crippen molar-refractivity contribution in [2.24, 2.45) is 10.8 Å². The van der Waals surface area contributed by atoms with Crippen LogP contribution >= 0.6 is 51.0 Å². The number of esters is 2. The minimum atomic E-state index is -3.57. The van der Waals surface area contributed by atoms with Gasteiger partial charge >= 0.3 is 19.8 Å². The fourth-order valence-electron chi connectivity index (χ4n) is 1.51. The number of rotatable bonds is 17. The summed E-state index contributed by atoms with van der Waals surface area (Å²) in [5, 5.41) is 0. The van der Waals surface area contributed by atoms with E-state index in [1.54, 1.807) is 21.6 Å². The van der Waals surface area contributed by atoms with Crippen LogP contribution in [0.5, 0.6) is 0 Å². The minimum absolute atomic E-state index is 0.214. The Bertz CT molecular complexity index is 547. The van der Waals surface area contributed by atoms with E-state index < -0.39 is 18.7 Å². The average molecular weight is 553 g/mol. The molecule has 0 atom stereocenters. The van der Waals surface area contributed by atoms with Crippen LogP contribution in [0, 0.1) is 10.8 Å². The van der Waals surface area contributed by atoms with Crippen LogP contribution in [0.3, 0.4) is 0 Å². The average Bonchev–Trinajstić information content (AvgIpc) is 2.70. The first-order valence-electron chi connectivity index (χ1n) is 10.1. The van der Waals surface area contributed by atoms with Crippen molar-refractivity contribution >= 4 is 62.9 Å². The Morgan fingerprint density at radius 1 is 0.656 bits per heavy atom. The Morgan fingerprint density at radius 3 is 1.25 bits per heavy atom. The third kappa shape index (κ3) is 17.0. The molecule has 0 aromatic heterocycles. The van der Waals surface area contributed by atoms with Crippen LogP contribution in [-0.4, -0.2) is 68.5 Å². The highest BCUT2D eigenvalue weighted by Gasteiger charge is 2.25. The van der Waals surface area contributed by atoms with Gasteiger partial charge in [-0.05, 0) is 41.5 Å². The van der Waals surface area contributed by atoms with Gasteiger partial charge in [-0.25, -0.2) is 4.57 Å². The maximum atomic E-state index is 12.4. The Kier molecular flexibility index (Phi) is 17.2. The SMILES string of the molecule is COP(=O)(OCCSSCCOC(=O)C(C)(C)C)OCCSSCCOC(=O)C(C)(C)C. The zero-order valence-electron chi connectivity index (χ0n) is 20.0. The zero-order valence-corrected chi connectivity index (χ0v) is 24.2. The molecule has 190 valence electrons. The molecule has 32 heavy (non-hydrogen) atoms. The predicted molar refractivity (Wildman–Crippen MR) is 137 cm³/mol. The lowest BCUT2D eigenvalue weighted by Crippen LogP contribution is -2.23. The van der Waals surface area contributed by atoms with Gasteiger partial charge in [0.2, 0.25) is 0 Å². The van der Waals surface area contributed by atoms with Gasteiger partial charge in [0.15, 0.2) is 0 Å². The van der Waals surface area contributed by atoms with Crippen LogP contribution < -0.4 is 0 Å². The number of phosphoric ester groups is 1. The van der Waals surface area contributed by atoms with Crippen molar-refractivity contribution in [2.45, 2.75) is 41.5 Å². The van der Waals surface area contributed by atoms with Gasteiger partial charge in [-0.1, -0.05) is 43.2 Å². The second-order valence-electron chi connectivity index (χ2n) is 8.36. The van der Waals surface area contributed by atoms with Gasteiger partial charge in [0.1, 0.15) is 13.2 Å². The molecule has 0 heterocycles. The van der Waals surface area contributed by atoms with Gasteiger partial charge < -0.3 is 9.47 Å². The summed E-state index contributed by atoms with van der Waals surface area (Å²) in [7, 11) is 3.88. The number of hydrogen-bond acceptors (Lipinski definition) is 12. The normalized spacial score (nSPS) is 12.6. The van der Waals surface area contributed by atoms with Crippen LogP contribution in [-0.2, 0) is 37.2 Å². The van der Waals surface area contributed by atoms with E-state index in [2.05, 4.69) is 0 Å². The summed E-state index contributed by atoms with van der Waals surface area (Å²) in [6.45, 7) is 12.0. The van der Waals surface area contributed by atoms with E-state index in [9.17, 15) is 14.2 Å². The molecular weight excluding hydrogens is 515 g/mol. The first-order valence-corrected chi connectivity index (χ1v) is 16.5. The molecule has 0 saturated heterocycles. The molecule has 0 aromatic rings. The third-order valence-electron chi connectivity index (χ3n) is 3.25. The summed E-state index contributed by atoms with van der Waals surface area (Å²) in [6.07, 6.45) is 0. The molecule has 0 aliphatic carbocycles. The van der Waals surface area contributed by atoms with E-state index in [0.717, 1.165) is 0 Å². The standard InChI is InChI=1S/C19H37O8PS4/c1-18(2,3)16(20)24-8-12-29-31-14-10-26-28(22,23-7)27-11-15-32-30-13-9-25-17(21)19(4,5)6/h8-15H2,1-7H3. The number of carbonyl (C=O) groups excluding carboxylic acids is 2. The Hall–Kier alpha value is 0.450. The first-order chi connectivity index (χ1) is 14.8. The zero-order chi connectivity index (χ0) is 24.7. The fraction of sp³-hybridized carbons (Fsp3) is 0.895. The Balaban J connectivity index is 3.73. The summed E-state index contributed by atoms with van der Waals surface area (Å²) in [5.74, 6) is 2.07.